The number of ether oxygens (including phenoxy) is 1. The molecule has 0 aliphatic rings. The Morgan fingerprint density at radius 1 is 0.944 bits per heavy atom. The van der Waals surface area contributed by atoms with Crippen LogP contribution in [0.4, 0.5) is 4.79 Å². The van der Waals surface area contributed by atoms with Gasteiger partial charge in [0.2, 0.25) is 11.8 Å². The fourth-order valence-electron chi connectivity index (χ4n) is 3.82. The van der Waals surface area contributed by atoms with Crippen molar-refractivity contribution < 1.29 is 24.2 Å². The van der Waals surface area contributed by atoms with E-state index in [-0.39, 0.29) is 12.5 Å². The molecule has 0 aliphatic heterocycles. The lowest BCUT2D eigenvalue weighted by molar-refractivity contribution is -0.149. The van der Waals surface area contributed by atoms with Crippen molar-refractivity contribution in [3.8, 4) is 0 Å². The molecule has 0 aliphatic carbocycles. The molecule has 3 amide bonds. The molecule has 3 N–H and O–H groups in total. The summed E-state index contributed by atoms with van der Waals surface area (Å²) < 4.78 is 5.27. The predicted octanol–water partition coefficient (Wildman–Crippen LogP) is 3.87. The number of hydrogen-bond acceptors (Lipinski definition) is 5. The first-order chi connectivity index (χ1) is 16.7. The van der Waals surface area contributed by atoms with E-state index < -0.39 is 41.8 Å². The Morgan fingerprint density at radius 3 is 2.06 bits per heavy atom. The lowest BCUT2D eigenvalue weighted by Gasteiger charge is -2.43. The summed E-state index contributed by atoms with van der Waals surface area (Å²) in [6, 6.07) is 14.5. The highest BCUT2D eigenvalue weighted by Gasteiger charge is 2.42. The van der Waals surface area contributed by atoms with Crippen LogP contribution in [0, 0.1) is 6.92 Å². The summed E-state index contributed by atoms with van der Waals surface area (Å²) in [6.45, 7) is 12.0. The quantitative estimate of drug-likeness (QED) is 0.513. The second-order valence-corrected chi connectivity index (χ2v) is 10.7. The van der Waals surface area contributed by atoms with Gasteiger partial charge < -0.3 is 25.4 Å². The number of aliphatic hydroxyl groups is 1. The van der Waals surface area contributed by atoms with Crippen molar-refractivity contribution in [1.82, 2.24) is 15.5 Å². The number of nitrogens with zero attached hydrogens (tertiary/aromatic N) is 1. The third-order valence-electron chi connectivity index (χ3n) is 5.43. The van der Waals surface area contributed by atoms with Crippen molar-refractivity contribution in [2.45, 2.75) is 78.2 Å². The molecule has 2 aromatic rings. The first-order valence-corrected chi connectivity index (χ1v) is 12.1. The van der Waals surface area contributed by atoms with Gasteiger partial charge in [0, 0.05) is 12.1 Å². The summed E-state index contributed by atoms with van der Waals surface area (Å²) in [6.07, 6.45) is -0.829. The van der Waals surface area contributed by atoms with Gasteiger partial charge in [-0.15, -0.1) is 0 Å². The number of nitrogens with one attached hydrogen (secondary N) is 2. The van der Waals surface area contributed by atoms with Crippen molar-refractivity contribution in [1.29, 1.82) is 0 Å². The molecule has 0 fully saturated rings. The minimum absolute atomic E-state index is 0.286. The van der Waals surface area contributed by atoms with Gasteiger partial charge in [0.05, 0.1) is 6.61 Å². The van der Waals surface area contributed by atoms with Gasteiger partial charge in [-0.25, -0.2) is 4.79 Å². The number of hydrogen-bond donors (Lipinski definition) is 3. The molecule has 0 aromatic heterocycles. The van der Waals surface area contributed by atoms with E-state index in [1.54, 1.807) is 20.8 Å². The topological polar surface area (TPSA) is 108 Å². The van der Waals surface area contributed by atoms with Crippen molar-refractivity contribution >= 4 is 17.9 Å². The van der Waals surface area contributed by atoms with E-state index in [1.165, 1.54) is 4.90 Å². The van der Waals surface area contributed by atoms with Crippen molar-refractivity contribution in [3.05, 3.63) is 71.3 Å². The zero-order valence-corrected chi connectivity index (χ0v) is 22.3. The second-order valence-electron chi connectivity index (χ2n) is 10.7. The highest BCUT2D eigenvalue weighted by atomic mass is 16.6. The summed E-state index contributed by atoms with van der Waals surface area (Å²) in [5.41, 5.74) is 0.790. The lowest BCUT2D eigenvalue weighted by atomic mass is 9.93. The Balaban J connectivity index is 2.46. The maximum absolute atomic E-state index is 13.8. The Labute approximate surface area is 214 Å². The minimum Gasteiger partial charge on any atom is -0.444 e. The van der Waals surface area contributed by atoms with Crippen molar-refractivity contribution in [2.24, 2.45) is 0 Å². The third kappa shape index (κ3) is 8.09. The molecule has 0 saturated heterocycles. The average molecular weight is 498 g/mol. The summed E-state index contributed by atoms with van der Waals surface area (Å²) in [5, 5.41) is 15.5. The molecule has 2 atom stereocenters. The van der Waals surface area contributed by atoms with Gasteiger partial charge in [-0.2, -0.15) is 0 Å². The zero-order chi connectivity index (χ0) is 27.1. The molecule has 0 radical (unpaired) electrons. The molecule has 8 nitrogen and oxygen atoms in total. The summed E-state index contributed by atoms with van der Waals surface area (Å²) in [7, 11) is 0. The van der Waals surface area contributed by atoms with Crippen molar-refractivity contribution in [2.75, 3.05) is 6.61 Å². The van der Waals surface area contributed by atoms with Gasteiger partial charge in [-0.05, 0) is 65.2 Å². The van der Waals surface area contributed by atoms with E-state index in [2.05, 4.69) is 10.6 Å². The number of amides is 3. The predicted molar refractivity (Wildman–Crippen MR) is 139 cm³/mol. The smallest absolute Gasteiger partial charge is 0.408 e. The Bertz CT molecular complexity index is 1040. The van der Waals surface area contributed by atoms with Gasteiger partial charge >= 0.3 is 6.09 Å². The van der Waals surface area contributed by atoms with Crippen LogP contribution in [0.1, 0.15) is 64.3 Å². The molecule has 0 spiro atoms. The summed E-state index contributed by atoms with van der Waals surface area (Å²) in [5.74, 6) is -0.968. The highest BCUT2D eigenvalue weighted by Crippen LogP contribution is 2.31. The second kappa shape index (κ2) is 12.0. The van der Waals surface area contributed by atoms with Gasteiger partial charge in [0.15, 0.2) is 0 Å². The van der Waals surface area contributed by atoms with Crippen LogP contribution in [0.2, 0.25) is 0 Å². The number of aryl methyl sites for hydroxylation is 1. The molecule has 2 aromatic carbocycles. The van der Waals surface area contributed by atoms with Crippen LogP contribution in [-0.2, 0) is 20.9 Å². The molecule has 0 heterocycles. The Morgan fingerprint density at radius 2 is 1.53 bits per heavy atom. The highest BCUT2D eigenvalue weighted by molar-refractivity contribution is 5.93. The van der Waals surface area contributed by atoms with E-state index >= 15 is 0 Å². The van der Waals surface area contributed by atoms with Crippen LogP contribution in [-0.4, -0.2) is 51.7 Å². The van der Waals surface area contributed by atoms with E-state index in [4.69, 9.17) is 4.74 Å². The maximum Gasteiger partial charge on any atom is 0.408 e. The summed E-state index contributed by atoms with van der Waals surface area (Å²) in [4.78, 5) is 41.4. The lowest BCUT2D eigenvalue weighted by Crippen LogP contribution is -2.59. The van der Waals surface area contributed by atoms with Crippen molar-refractivity contribution in [3.63, 3.8) is 0 Å². The average Bonchev–Trinajstić information content (AvgIpc) is 2.78. The molecular weight excluding hydrogens is 458 g/mol. The fourth-order valence-corrected chi connectivity index (χ4v) is 3.82. The molecular formula is C28H39N3O5. The fraction of sp³-hybridized carbons (Fsp3) is 0.464. The molecule has 0 saturated carbocycles. The van der Waals surface area contributed by atoms with Gasteiger partial charge in [0.1, 0.15) is 17.7 Å². The first kappa shape index (κ1) is 28.8. The number of rotatable bonds is 8. The molecule has 196 valence electrons. The van der Waals surface area contributed by atoms with Gasteiger partial charge in [-0.3, -0.25) is 9.59 Å². The van der Waals surface area contributed by atoms with Crippen LogP contribution in [0.5, 0.6) is 0 Å². The number of carbonyl (C=O) groups is 3. The molecule has 0 bridgehead atoms. The minimum atomic E-state index is -1.30. The largest absolute Gasteiger partial charge is 0.444 e. The molecule has 8 heteroatoms. The Kier molecular flexibility index (Phi) is 9.64. The molecule has 2 rings (SSSR count). The van der Waals surface area contributed by atoms with E-state index in [0.29, 0.717) is 5.56 Å². The van der Waals surface area contributed by atoms with E-state index in [9.17, 15) is 19.5 Å². The molecule has 2 unspecified atom stereocenters. The summed E-state index contributed by atoms with van der Waals surface area (Å²) >= 11 is 0. The third-order valence-corrected chi connectivity index (χ3v) is 5.43. The number of alkyl carbamates (subject to hydrolysis) is 1. The van der Waals surface area contributed by atoms with Crippen LogP contribution < -0.4 is 10.6 Å². The van der Waals surface area contributed by atoms with Crippen LogP contribution >= 0.6 is 0 Å². The van der Waals surface area contributed by atoms with Crippen LogP contribution in [0.3, 0.4) is 0 Å². The number of benzene rings is 2. The zero-order valence-electron chi connectivity index (χ0n) is 22.3. The molecule has 36 heavy (non-hydrogen) atoms. The van der Waals surface area contributed by atoms with Crippen LogP contribution in [0.25, 0.3) is 0 Å². The van der Waals surface area contributed by atoms with Gasteiger partial charge in [-0.1, -0.05) is 54.6 Å². The normalized spacial score (nSPS) is 13.3. The van der Waals surface area contributed by atoms with Crippen LogP contribution in [0.15, 0.2) is 54.6 Å². The van der Waals surface area contributed by atoms with E-state index in [0.717, 1.165) is 11.1 Å². The van der Waals surface area contributed by atoms with Gasteiger partial charge in [0.25, 0.3) is 0 Å². The number of aliphatic hydroxyl groups excluding tert-OH is 1. The Hall–Kier alpha value is -3.39. The first-order valence-electron chi connectivity index (χ1n) is 12.1. The SMILES string of the molecule is Cc1ccccc1C(C(=O)NCc1ccccc1)N(C(=O)C(CO)NC(=O)OC(C)(C)C)C(C)(C)C. The van der Waals surface area contributed by atoms with E-state index in [1.807, 2.05) is 82.3 Å². The number of carbonyl (C=O) groups excluding carboxylic acids is 3. The maximum atomic E-state index is 13.8. The monoisotopic (exact) mass is 497 g/mol. The standard InChI is InChI=1S/C28H39N3O5/c1-19-13-11-12-16-21(19)23(24(33)29-17-20-14-9-8-10-15-20)31(27(2,3)4)25(34)22(18-32)30-26(35)36-28(5,6)7/h8-16,22-23,32H,17-18H2,1-7H3,(H,29,33)(H,30,35).